The largest absolute Gasteiger partial charge is 0.351 e. The maximum atomic E-state index is 2.36. The number of allylic oxidation sites excluding steroid dienone is 4. The van der Waals surface area contributed by atoms with E-state index in [1.165, 1.54) is 11.3 Å². The van der Waals surface area contributed by atoms with E-state index in [1.54, 1.807) is 0 Å². The molecule has 0 aromatic carbocycles. The van der Waals surface area contributed by atoms with Gasteiger partial charge in [-0.05, 0) is 24.1 Å². The number of hydrogen-bond donors (Lipinski definition) is 0. The normalized spacial score (nSPS) is 19.5. The lowest BCUT2D eigenvalue weighted by Gasteiger charge is -2.22. The minimum absolute atomic E-state index is 0.206. The highest BCUT2D eigenvalue weighted by Gasteiger charge is 2.16. The van der Waals surface area contributed by atoms with Crippen molar-refractivity contribution in [2.45, 2.75) is 20.3 Å². The minimum Gasteiger partial charge on any atom is -0.351 e. The first-order chi connectivity index (χ1) is 6.58. The quantitative estimate of drug-likeness (QED) is 0.594. The molecule has 1 heteroatoms. The zero-order valence-corrected chi connectivity index (χ0v) is 9.12. The standard InChI is InChI=1S/C13H17N/c1-13(2)8-4-6-11(10-13)12-7-5-9-14(12)3/h4-5,7-10H,6H2,1-3H3. The van der Waals surface area contributed by atoms with Gasteiger partial charge in [-0.25, -0.2) is 0 Å². The molecule has 0 aliphatic heterocycles. The van der Waals surface area contributed by atoms with E-state index in [4.69, 9.17) is 0 Å². The highest BCUT2D eigenvalue weighted by atomic mass is 14.9. The van der Waals surface area contributed by atoms with Crippen LogP contribution in [0.2, 0.25) is 0 Å². The van der Waals surface area contributed by atoms with Crippen molar-refractivity contribution in [3.63, 3.8) is 0 Å². The van der Waals surface area contributed by atoms with E-state index in [9.17, 15) is 0 Å². The van der Waals surface area contributed by atoms with Crippen LogP contribution >= 0.6 is 0 Å². The van der Waals surface area contributed by atoms with Crippen molar-refractivity contribution in [3.05, 3.63) is 42.3 Å². The van der Waals surface area contributed by atoms with E-state index in [-0.39, 0.29) is 5.41 Å². The van der Waals surface area contributed by atoms with Gasteiger partial charge in [-0.3, -0.25) is 0 Å². The van der Waals surface area contributed by atoms with Gasteiger partial charge < -0.3 is 4.57 Å². The summed E-state index contributed by atoms with van der Waals surface area (Å²) in [6.07, 6.45) is 10.1. The van der Waals surface area contributed by atoms with Crippen molar-refractivity contribution in [1.82, 2.24) is 4.57 Å². The summed E-state index contributed by atoms with van der Waals surface area (Å²) in [4.78, 5) is 0. The lowest BCUT2D eigenvalue weighted by Crippen LogP contribution is -2.08. The van der Waals surface area contributed by atoms with Gasteiger partial charge in [0.15, 0.2) is 0 Å². The Morgan fingerprint density at radius 2 is 2.14 bits per heavy atom. The molecule has 74 valence electrons. The van der Waals surface area contributed by atoms with Crippen LogP contribution in [0.15, 0.2) is 36.6 Å². The molecule has 1 aromatic heterocycles. The zero-order valence-electron chi connectivity index (χ0n) is 9.12. The predicted molar refractivity (Wildman–Crippen MR) is 60.9 cm³/mol. The number of rotatable bonds is 1. The zero-order chi connectivity index (χ0) is 10.2. The first-order valence-corrected chi connectivity index (χ1v) is 5.10. The first-order valence-electron chi connectivity index (χ1n) is 5.10. The van der Waals surface area contributed by atoms with Crippen LogP contribution < -0.4 is 0 Å². The Bertz CT molecular complexity index is 391. The third kappa shape index (κ3) is 1.67. The average Bonchev–Trinajstić information content (AvgIpc) is 2.49. The van der Waals surface area contributed by atoms with Crippen LogP contribution in [0.5, 0.6) is 0 Å². The molecule has 0 atom stereocenters. The molecule has 1 nitrogen and oxygen atoms in total. The van der Waals surface area contributed by atoms with E-state index in [0.717, 1.165) is 6.42 Å². The monoisotopic (exact) mass is 187 g/mol. The molecule has 1 aromatic rings. The van der Waals surface area contributed by atoms with Gasteiger partial charge in [-0.15, -0.1) is 0 Å². The smallest absolute Gasteiger partial charge is 0.0436 e. The van der Waals surface area contributed by atoms with Gasteiger partial charge >= 0.3 is 0 Å². The molecule has 0 amide bonds. The molecule has 0 spiro atoms. The Morgan fingerprint density at radius 3 is 2.71 bits per heavy atom. The predicted octanol–water partition coefficient (Wildman–Crippen LogP) is 3.39. The lowest BCUT2D eigenvalue weighted by atomic mass is 9.84. The third-order valence-electron chi connectivity index (χ3n) is 2.70. The SMILES string of the molecule is Cn1cccc1C1=CC(C)(C)C=CC1. The highest BCUT2D eigenvalue weighted by molar-refractivity contribution is 5.67. The van der Waals surface area contributed by atoms with Gasteiger partial charge in [0.25, 0.3) is 0 Å². The molecule has 0 fully saturated rings. The fraction of sp³-hybridized carbons (Fsp3) is 0.385. The van der Waals surface area contributed by atoms with Crippen molar-refractivity contribution in [3.8, 4) is 0 Å². The Labute approximate surface area is 85.7 Å². The van der Waals surface area contributed by atoms with E-state index >= 15 is 0 Å². The molecule has 1 heterocycles. The summed E-state index contributed by atoms with van der Waals surface area (Å²) < 4.78 is 2.18. The second kappa shape index (κ2) is 3.16. The maximum absolute atomic E-state index is 2.36. The van der Waals surface area contributed by atoms with Gasteiger partial charge in [-0.2, -0.15) is 0 Å². The van der Waals surface area contributed by atoms with Crippen LogP contribution in [0, 0.1) is 5.41 Å². The van der Waals surface area contributed by atoms with E-state index in [1.807, 2.05) is 0 Å². The molecule has 2 rings (SSSR count). The maximum Gasteiger partial charge on any atom is 0.0436 e. The van der Waals surface area contributed by atoms with E-state index in [2.05, 4.69) is 62.0 Å². The summed E-state index contributed by atoms with van der Waals surface area (Å²) in [5.41, 5.74) is 2.98. The van der Waals surface area contributed by atoms with Gasteiger partial charge in [0.2, 0.25) is 0 Å². The Morgan fingerprint density at radius 1 is 1.36 bits per heavy atom. The topological polar surface area (TPSA) is 4.93 Å². The third-order valence-corrected chi connectivity index (χ3v) is 2.70. The van der Waals surface area contributed by atoms with Crippen LogP contribution in [0.25, 0.3) is 5.57 Å². The van der Waals surface area contributed by atoms with Gasteiger partial charge in [0.05, 0.1) is 0 Å². The second-order valence-corrected chi connectivity index (χ2v) is 4.60. The fourth-order valence-corrected chi connectivity index (χ4v) is 2.02. The summed E-state index contributed by atoms with van der Waals surface area (Å²) in [6.45, 7) is 4.48. The van der Waals surface area contributed by atoms with Crippen LogP contribution in [0.4, 0.5) is 0 Å². The molecule has 1 aliphatic carbocycles. The van der Waals surface area contributed by atoms with Crippen molar-refractivity contribution in [1.29, 1.82) is 0 Å². The molecule has 0 radical (unpaired) electrons. The summed E-state index contributed by atoms with van der Waals surface area (Å²) in [5, 5.41) is 0. The summed E-state index contributed by atoms with van der Waals surface area (Å²) in [5.74, 6) is 0. The van der Waals surface area contributed by atoms with Crippen LogP contribution in [0.3, 0.4) is 0 Å². The van der Waals surface area contributed by atoms with Crippen LogP contribution in [-0.2, 0) is 7.05 Å². The molecule has 0 unspecified atom stereocenters. The molecule has 1 aliphatic rings. The van der Waals surface area contributed by atoms with Crippen molar-refractivity contribution in [2.75, 3.05) is 0 Å². The fourth-order valence-electron chi connectivity index (χ4n) is 2.02. The summed E-state index contributed by atoms with van der Waals surface area (Å²) >= 11 is 0. The summed E-state index contributed by atoms with van der Waals surface area (Å²) in [6, 6.07) is 4.28. The number of hydrogen-bond acceptors (Lipinski definition) is 0. The minimum atomic E-state index is 0.206. The average molecular weight is 187 g/mol. The van der Waals surface area contributed by atoms with Crippen molar-refractivity contribution in [2.24, 2.45) is 12.5 Å². The Hall–Kier alpha value is -1.24. The molecular weight excluding hydrogens is 170 g/mol. The second-order valence-electron chi connectivity index (χ2n) is 4.60. The Balaban J connectivity index is 2.38. The van der Waals surface area contributed by atoms with Gasteiger partial charge in [0, 0.05) is 24.4 Å². The first kappa shape index (κ1) is 9.32. The lowest BCUT2D eigenvalue weighted by molar-refractivity contribution is 0.617. The van der Waals surface area contributed by atoms with Crippen LogP contribution in [0.1, 0.15) is 26.0 Å². The highest BCUT2D eigenvalue weighted by Crippen LogP contribution is 2.32. The molecule has 14 heavy (non-hydrogen) atoms. The Kier molecular flexibility index (Phi) is 2.10. The molecular formula is C13H17N. The molecule has 0 saturated heterocycles. The number of nitrogens with zero attached hydrogens (tertiary/aromatic N) is 1. The van der Waals surface area contributed by atoms with E-state index < -0.39 is 0 Å². The van der Waals surface area contributed by atoms with Gasteiger partial charge in [-0.1, -0.05) is 32.1 Å². The molecule has 0 N–H and O–H groups in total. The number of aromatic nitrogens is 1. The van der Waals surface area contributed by atoms with Gasteiger partial charge in [0.1, 0.15) is 0 Å². The van der Waals surface area contributed by atoms with Crippen molar-refractivity contribution < 1.29 is 0 Å². The van der Waals surface area contributed by atoms with E-state index in [0.29, 0.717) is 0 Å². The number of aryl methyl sites for hydroxylation is 1. The van der Waals surface area contributed by atoms with Crippen LogP contribution in [-0.4, -0.2) is 4.57 Å². The van der Waals surface area contributed by atoms with Crippen molar-refractivity contribution >= 4 is 5.57 Å². The molecule has 0 bridgehead atoms. The summed E-state index contributed by atoms with van der Waals surface area (Å²) in [7, 11) is 2.10. The molecule has 0 saturated carbocycles.